The second kappa shape index (κ2) is 8.88. The Hall–Kier alpha value is -3.18. The number of nitrogens with zero attached hydrogens (tertiary/aromatic N) is 3. The summed E-state index contributed by atoms with van der Waals surface area (Å²) >= 11 is 0. The molecule has 0 spiro atoms. The van der Waals surface area contributed by atoms with E-state index in [1.54, 1.807) is 12.3 Å². The number of aryl methyl sites for hydroxylation is 1. The number of anilines is 3. The summed E-state index contributed by atoms with van der Waals surface area (Å²) in [6.45, 7) is 2.16. The molecular formula is C18H18F2N6O2S. The number of pyridine rings is 1. The predicted molar refractivity (Wildman–Crippen MR) is 104 cm³/mol. The van der Waals surface area contributed by atoms with Crippen LogP contribution in [0.3, 0.4) is 0 Å². The lowest BCUT2D eigenvalue weighted by molar-refractivity contribution is 0.504. The number of hydrogen-bond donors (Lipinski definition) is 3. The number of benzene rings is 1. The van der Waals surface area contributed by atoms with Crippen LogP contribution in [0.4, 0.5) is 26.2 Å². The molecule has 0 amide bonds. The number of nitrogens with one attached hydrogen (secondary N) is 3. The van der Waals surface area contributed by atoms with Crippen LogP contribution in [0.5, 0.6) is 0 Å². The van der Waals surface area contributed by atoms with E-state index < -0.39 is 21.7 Å². The molecule has 29 heavy (non-hydrogen) atoms. The lowest BCUT2D eigenvalue weighted by Crippen LogP contribution is -2.29. The smallest absolute Gasteiger partial charge is 0.240 e. The molecule has 0 aliphatic carbocycles. The van der Waals surface area contributed by atoms with Crippen molar-refractivity contribution in [3.8, 4) is 0 Å². The van der Waals surface area contributed by atoms with Gasteiger partial charge in [0.1, 0.15) is 23.8 Å². The fourth-order valence-corrected chi connectivity index (χ4v) is 3.40. The standard InChI is InChI=1S/C18H18F2N6O2S/c1-12-4-5-21-17(8-12)26-18-10-16(23-11-24-18)22-6-7-25-29(27,28)13-2-3-14(19)15(20)9-13/h2-5,8-11,25H,6-7H2,1H3,(H2,21,22,23,24,26). The Morgan fingerprint density at radius 3 is 2.41 bits per heavy atom. The molecule has 0 saturated heterocycles. The van der Waals surface area contributed by atoms with Crippen molar-refractivity contribution in [1.29, 1.82) is 0 Å². The second-order valence-electron chi connectivity index (χ2n) is 6.03. The Kier molecular flexibility index (Phi) is 6.29. The average molecular weight is 420 g/mol. The zero-order chi connectivity index (χ0) is 20.9. The highest BCUT2D eigenvalue weighted by Gasteiger charge is 2.15. The van der Waals surface area contributed by atoms with E-state index in [2.05, 4.69) is 30.3 Å². The Balaban J connectivity index is 1.54. The Morgan fingerprint density at radius 2 is 1.66 bits per heavy atom. The van der Waals surface area contributed by atoms with E-state index in [0.717, 1.165) is 17.7 Å². The summed E-state index contributed by atoms with van der Waals surface area (Å²) in [5.41, 5.74) is 1.04. The third kappa shape index (κ3) is 5.65. The van der Waals surface area contributed by atoms with Crippen LogP contribution in [0.2, 0.25) is 0 Å². The fourth-order valence-electron chi connectivity index (χ4n) is 2.36. The van der Waals surface area contributed by atoms with E-state index in [1.807, 2.05) is 19.1 Å². The van der Waals surface area contributed by atoms with Gasteiger partial charge in [0.25, 0.3) is 0 Å². The van der Waals surface area contributed by atoms with Crippen LogP contribution in [-0.2, 0) is 10.0 Å². The minimum absolute atomic E-state index is 0.00747. The van der Waals surface area contributed by atoms with E-state index in [-0.39, 0.29) is 18.0 Å². The lowest BCUT2D eigenvalue weighted by Gasteiger charge is -2.10. The van der Waals surface area contributed by atoms with Crippen LogP contribution in [0.1, 0.15) is 5.56 Å². The van der Waals surface area contributed by atoms with Crippen molar-refractivity contribution in [3.05, 3.63) is 66.1 Å². The molecule has 3 rings (SSSR count). The summed E-state index contributed by atoms with van der Waals surface area (Å²) in [5.74, 6) is -0.714. The summed E-state index contributed by atoms with van der Waals surface area (Å²) in [6.07, 6.45) is 3.03. The normalized spacial score (nSPS) is 11.3. The molecule has 8 nitrogen and oxygen atoms in total. The second-order valence-corrected chi connectivity index (χ2v) is 7.80. The van der Waals surface area contributed by atoms with Gasteiger partial charge < -0.3 is 10.6 Å². The Labute approximate surface area is 166 Å². The van der Waals surface area contributed by atoms with Gasteiger partial charge >= 0.3 is 0 Å². The summed E-state index contributed by atoms with van der Waals surface area (Å²) < 4.78 is 52.7. The van der Waals surface area contributed by atoms with Crippen molar-refractivity contribution in [2.75, 3.05) is 23.7 Å². The maximum Gasteiger partial charge on any atom is 0.240 e. The zero-order valence-electron chi connectivity index (χ0n) is 15.4. The molecule has 11 heteroatoms. The van der Waals surface area contributed by atoms with Crippen molar-refractivity contribution in [2.45, 2.75) is 11.8 Å². The summed E-state index contributed by atoms with van der Waals surface area (Å²) in [7, 11) is -3.96. The first kappa shape index (κ1) is 20.6. The highest BCUT2D eigenvalue weighted by molar-refractivity contribution is 7.89. The van der Waals surface area contributed by atoms with E-state index in [1.165, 1.54) is 6.33 Å². The SMILES string of the molecule is Cc1ccnc(Nc2cc(NCCNS(=O)(=O)c3ccc(F)c(F)c3)ncn2)c1. The average Bonchev–Trinajstić information content (AvgIpc) is 2.68. The van der Waals surface area contributed by atoms with Crippen LogP contribution in [-0.4, -0.2) is 36.5 Å². The van der Waals surface area contributed by atoms with Crippen molar-refractivity contribution >= 4 is 27.5 Å². The molecule has 0 unspecified atom stereocenters. The third-order valence-electron chi connectivity index (χ3n) is 3.76. The minimum atomic E-state index is -3.96. The fraction of sp³-hybridized carbons (Fsp3) is 0.167. The molecule has 0 radical (unpaired) electrons. The van der Waals surface area contributed by atoms with Crippen LogP contribution in [0, 0.1) is 18.6 Å². The summed E-state index contributed by atoms with van der Waals surface area (Å²) in [4.78, 5) is 12.0. The number of rotatable bonds is 8. The van der Waals surface area contributed by atoms with Crippen molar-refractivity contribution in [2.24, 2.45) is 0 Å². The van der Waals surface area contributed by atoms with E-state index in [0.29, 0.717) is 23.5 Å². The minimum Gasteiger partial charge on any atom is -0.369 e. The van der Waals surface area contributed by atoms with Crippen molar-refractivity contribution < 1.29 is 17.2 Å². The zero-order valence-corrected chi connectivity index (χ0v) is 16.2. The highest BCUT2D eigenvalue weighted by Crippen LogP contribution is 2.15. The maximum absolute atomic E-state index is 13.2. The first-order valence-corrected chi connectivity index (χ1v) is 10.0. The van der Waals surface area contributed by atoms with Gasteiger partial charge in [-0.3, -0.25) is 0 Å². The Morgan fingerprint density at radius 1 is 0.897 bits per heavy atom. The van der Waals surface area contributed by atoms with Gasteiger partial charge in [0, 0.05) is 25.4 Å². The van der Waals surface area contributed by atoms with E-state index in [4.69, 9.17) is 0 Å². The highest BCUT2D eigenvalue weighted by atomic mass is 32.2. The molecule has 2 heterocycles. The molecule has 0 fully saturated rings. The van der Waals surface area contributed by atoms with Gasteiger partial charge in [-0.05, 0) is 42.8 Å². The molecule has 2 aromatic heterocycles. The maximum atomic E-state index is 13.2. The molecule has 3 N–H and O–H groups in total. The topological polar surface area (TPSA) is 109 Å². The quantitative estimate of drug-likeness (QED) is 0.481. The molecule has 0 bridgehead atoms. The van der Waals surface area contributed by atoms with Crippen LogP contribution < -0.4 is 15.4 Å². The monoisotopic (exact) mass is 420 g/mol. The van der Waals surface area contributed by atoms with Crippen molar-refractivity contribution in [3.63, 3.8) is 0 Å². The van der Waals surface area contributed by atoms with Gasteiger partial charge in [-0.2, -0.15) is 0 Å². The molecule has 3 aromatic rings. The molecule has 0 aliphatic heterocycles. The molecule has 0 atom stereocenters. The largest absolute Gasteiger partial charge is 0.369 e. The first-order valence-electron chi connectivity index (χ1n) is 8.54. The summed E-state index contributed by atoms with van der Waals surface area (Å²) in [6, 6.07) is 7.78. The van der Waals surface area contributed by atoms with Gasteiger partial charge in [-0.25, -0.2) is 36.9 Å². The molecule has 152 valence electrons. The predicted octanol–water partition coefficient (Wildman–Crippen LogP) is 2.59. The van der Waals surface area contributed by atoms with Crippen LogP contribution in [0.25, 0.3) is 0 Å². The van der Waals surface area contributed by atoms with Gasteiger partial charge in [0.05, 0.1) is 4.90 Å². The summed E-state index contributed by atoms with van der Waals surface area (Å²) in [5, 5.41) is 6.01. The van der Waals surface area contributed by atoms with Gasteiger partial charge in [0.15, 0.2) is 11.6 Å². The Bertz CT molecular complexity index is 1110. The molecule has 1 aromatic carbocycles. The third-order valence-corrected chi connectivity index (χ3v) is 5.22. The van der Waals surface area contributed by atoms with Gasteiger partial charge in [-0.15, -0.1) is 0 Å². The molecule has 0 saturated carbocycles. The van der Waals surface area contributed by atoms with Gasteiger partial charge in [0.2, 0.25) is 10.0 Å². The van der Waals surface area contributed by atoms with Crippen LogP contribution >= 0.6 is 0 Å². The first-order chi connectivity index (χ1) is 13.8. The molecule has 0 aliphatic rings. The van der Waals surface area contributed by atoms with Crippen molar-refractivity contribution in [1.82, 2.24) is 19.7 Å². The number of hydrogen-bond acceptors (Lipinski definition) is 7. The van der Waals surface area contributed by atoms with Crippen LogP contribution in [0.15, 0.2) is 53.8 Å². The van der Waals surface area contributed by atoms with Gasteiger partial charge in [-0.1, -0.05) is 0 Å². The van der Waals surface area contributed by atoms with E-state index >= 15 is 0 Å². The number of aromatic nitrogens is 3. The number of halogens is 2. The lowest BCUT2D eigenvalue weighted by atomic mass is 10.3. The number of sulfonamides is 1. The molecular weight excluding hydrogens is 402 g/mol. The van der Waals surface area contributed by atoms with E-state index in [9.17, 15) is 17.2 Å².